The lowest BCUT2D eigenvalue weighted by atomic mass is 9.45. The number of aliphatic hydroxyl groups is 1. The quantitative estimate of drug-likeness (QED) is 0.251. The number of fused-ring (bicyclic) bond motifs is 6. The molecule has 0 bridgehead atoms. The van der Waals surface area contributed by atoms with Crippen LogP contribution < -0.4 is 10.1 Å². The lowest BCUT2D eigenvalue weighted by molar-refractivity contribution is -0.123. The number of oxime groups is 1. The van der Waals surface area contributed by atoms with Crippen molar-refractivity contribution in [2.75, 3.05) is 39.1 Å². The second-order valence-electron chi connectivity index (χ2n) is 15.5. The molecule has 0 saturated heterocycles. The Morgan fingerprint density at radius 3 is 2.82 bits per heavy atom. The van der Waals surface area contributed by atoms with Gasteiger partial charge in [0, 0.05) is 42.2 Å². The number of ether oxygens (including phenoxy) is 1. The molecule has 2 N–H and O–H groups in total. The molecule has 1 aliphatic heterocycles. The maximum absolute atomic E-state index is 12.8. The molecular weight excluding hydrogens is 562 g/mol. The van der Waals surface area contributed by atoms with Gasteiger partial charge in [-0.25, -0.2) is 0 Å². The smallest absolute Gasteiger partial charge is 0.175 e. The van der Waals surface area contributed by atoms with Crippen LogP contribution in [-0.2, 0) is 9.63 Å². The number of aliphatic hydroxyl groups excluding tert-OH is 1. The average molecular weight is 618 g/mol. The highest BCUT2D eigenvalue weighted by atomic mass is 16.6. The van der Waals surface area contributed by atoms with Gasteiger partial charge in [-0.2, -0.15) is 0 Å². The number of hydrogen-bond acceptors (Lipinski definition) is 7. The highest BCUT2D eigenvalue weighted by molar-refractivity contribution is 5.92. The van der Waals surface area contributed by atoms with E-state index in [-0.39, 0.29) is 23.9 Å². The van der Waals surface area contributed by atoms with Crippen LogP contribution in [0.5, 0.6) is 5.75 Å². The highest BCUT2D eigenvalue weighted by Gasteiger charge is 2.59. The summed E-state index contributed by atoms with van der Waals surface area (Å²) in [5, 5.41) is 18.4. The second-order valence-corrected chi connectivity index (χ2v) is 15.5. The Morgan fingerprint density at radius 2 is 2.00 bits per heavy atom. The fourth-order valence-electron chi connectivity index (χ4n) is 9.96. The Balaban J connectivity index is 0.985. The largest absolute Gasteiger partial charge is 0.457 e. The zero-order chi connectivity index (χ0) is 31.8. The second kappa shape index (κ2) is 13.2. The molecule has 6 rings (SSSR count). The van der Waals surface area contributed by atoms with Crippen molar-refractivity contribution >= 4 is 22.8 Å². The summed E-state index contributed by atoms with van der Waals surface area (Å²) in [6, 6.07) is 6.22. The molecule has 7 nitrogen and oxygen atoms in total. The fourth-order valence-corrected chi connectivity index (χ4v) is 9.96. The van der Waals surface area contributed by atoms with Gasteiger partial charge < -0.3 is 24.9 Å². The third kappa shape index (κ3) is 6.62. The molecule has 1 aromatic rings. The first-order chi connectivity index (χ1) is 21.6. The van der Waals surface area contributed by atoms with E-state index in [1.807, 2.05) is 12.1 Å². The molecule has 0 unspecified atom stereocenters. The van der Waals surface area contributed by atoms with Crippen molar-refractivity contribution in [1.82, 2.24) is 4.90 Å². The van der Waals surface area contributed by atoms with Crippen LogP contribution in [0, 0.1) is 34.5 Å². The van der Waals surface area contributed by atoms with Crippen molar-refractivity contribution in [3.8, 4) is 5.75 Å². The first-order valence-corrected chi connectivity index (χ1v) is 17.6. The van der Waals surface area contributed by atoms with E-state index in [9.17, 15) is 9.90 Å². The van der Waals surface area contributed by atoms with Gasteiger partial charge in [-0.05, 0) is 138 Å². The Labute approximate surface area is 270 Å². The molecule has 0 amide bonds. The van der Waals surface area contributed by atoms with E-state index in [1.54, 1.807) is 0 Å². The number of carbonyl (C=O) groups is 1. The Kier molecular flexibility index (Phi) is 9.50. The van der Waals surface area contributed by atoms with E-state index in [2.05, 4.69) is 62.0 Å². The van der Waals surface area contributed by atoms with Gasteiger partial charge in [0.15, 0.2) is 12.4 Å². The summed E-state index contributed by atoms with van der Waals surface area (Å²) >= 11 is 0. The maximum Gasteiger partial charge on any atom is 0.175 e. The van der Waals surface area contributed by atoms with Crippen LogP contribution in [-0.4, -0.2) is 61.4 Å². The monoisotopic (exact) mass is 617 g/mol. The molecule has 0 radical (unpaired) electrons. The molecule has 7 heteroatoms. The summed E-state index contributed by atoms with van der Waals surface area (Å²) in [7, 11) is 4.13. The van der Waals surface area contributed by atoms with Crippen molar-refractivity contribution in [3.05, 3.63) is 42.2 Å². The Bertz CT molecular complexity index is 1340. The van der Waals surface area contributed by atoms with Crippen LogP contribution in [0.2, 0.25) is 0 Å². The number of ketones is 1. The minimum Gasteiger partial charge on any atom is -0.457 e. The summed E-state index contributed by atoms with van der Waals surface area (Å²) in [4.78, 5) is 20.7. The molecule has 246 valence electrons. The lowest BCUT2D eigenvalue weighted by Gasteiger charge is -2.60. The summed E-state index contributed by atoms with van der Waals surface area (Å²) in [5.41, 5.74) is 4.91. The molecular formula is C38H55N3O4. The van der Waals surface area contributed by atoms with Crippen molar-refractivity contribution in [2.45, 2.75) is 97.0 Å². The molecule has 0 aromatic heterocycles. The number of likely N-dealkylation sites (N-methyl/N-ethyl adjacent to an activating group) is 1. The molecule has 5 aliphatic rings. The molecule has 4 fully saturated rings. The molecule has 45 heavy (non-hydrogen) atoms. The molecule has 4 aliphatic carbocycles. The van der Waals surface area contributed by atoms with Gasteiger partial charge in [0.1, 0.15) is 11.5 Å². The predicted molar refractivity (Wildman–Crippen MR) is 181 cm³/mol. The summed E-state index contributed by atoms with van der Waals surface area (Å²) < 4.78 is 5.93. The number of carbonyl (C=O) groups excluding carboxylic acids is 1. The summed E-state index contributed by atoms with van der Waals surface area (Å²) in [6.45, 7) is 10.9. The van der Waals surface area contributed by atoms with E-state index < -0.39 is 0 Å². The Hall–Kier alpha value is -2.64. The minimum absolute atomic E-state index is 0.0474. The fraction of sp³-hybridized carbons (Fsp3) is 0.684. The van der Waals surface area contributed by atoms with E-state index in [4.69, 9.17) is 9.57 Å². The summed E-state index contributed by atoms with van der Waals surface area (Å²) in [5.74, 6) is 4.40. The van der Waals surface area contributed by atoms with Gasteiger partial charge in [0.2, 0.25) is 0 Å². The first-order valence-electron chi connectivity index (χ1n) is 17.6. The van der Waals surface area contributed by atoms with Gasteiger partial charge in [0.25, 0.3) is 0 Å². The van der Waals surface area contributed by atoms with Gasteiger partial charge in [-0.3, -0.25) is 4.79 Å². The standard InChI is InChI=1S/C38H55N3O4/c1-25-21-26(31-12-10-28(23-35(31)45-25)39-19-20-41(4)5)7-6-8-30(43)24-44-40-36-14-13-33-32-11-9-27-22-29(42)15-17-37(27,2)34(32)16-18-38(33,36)3/h10,12,21,23,27,29,32-34,39,42H,1,6-9,11,13-20,22,24H2,2-5H3/b40-36-/t27-,29+,32-,33-,34-,37-,38-/m0/s1. The van der Waals surface area contributed by atoms with Gasteiger partial charge >= 0.3 is 0 Å². The number of nitrogens with one attached hydrogen (secondary N) is 1. The number of allylic oxidation sites excluding steroid dienone is 2. The number of nitrogens with zero attached hydrogens (tertiary/aromatic N) is 2. The van der Waals surface area contributed by atoms with Crippen LogP contribution in [0.4, 0.5) is 5.69 Å². The van der Waals surface area contributed by atoms with Crippen LogP contribution in [0.1, 0.15) is 96.5 Å². The van der Waals surface area contributed by atoms with Crippen molar-refractivity contribution in [2.24, 2.45) is 39.7 Å². The van der Waals surface area contributed by atoms with Gasteiger partial charge in [-0.15, -0.1) is 0 Å². The van der Waals surface area contributed by atoms with E-state index in [0.717, 1.165) is 79.6 Å². The third-order valence-electron chi connectivity index (χ3n) is 12.5. The van der Waals surface area contributed by atoms with Crippen LogP contribution in [0.25, 0.3) is 5.57 Å². The van der Waals surface area contributed by atoms with E-state index in [1.165, 1.54) is 44.2 Å². The molecule has 4 saturated carbocycles. The molecule has 1 heterocycles. The normalized spacial score (nSPS) is 34.7. The third-order valence-corrected chi connectivity index (χ3v) is 12.5. The maximum atomic E-state index is 12.8. The zero-order valence-corrected chi connectivity index (χ0v) is 28.1. The van der Waals surface area contributed by atoms with E-state index >= 15 is 0 Å². The van der Waals surface area contributed by atoms with E-state index in [0.29, 0.717) is 29.4 Å². The Morgan fingerprint density at radius 1 is 1.16 bits per heavy atom. The predicted octanol–water partition coefficient (Wildman–Crippen LogP) is 7.47. The summed E-state index contributed by atoms with van der Waals surface area (Å²) in [6.07, 6.45) is 14.2. The minimum atomic E-state index is -0.0940. The first kappa shape index (κ1) is 32.3. The number of hydrogen-bond donors (Lipinski definition) is 2. The van der Waals surface area contributed by atoms with Crippen molar-refractivity contribution in [1.29, 1.82) is 0 Å². The number of rotatable bonds is 11. The SMILES string of the molecule is C=C1C=C(CCCC(=O)CO/N=C2/CC[C@H]3[C@@H]4CC[C@H]5C[C@H](O)CC[C@]5(C)[C@H]4CC[C@]23C)c2ccc(NCCN(C)C)cc2O1. The molecule has 1 aromatic carbocycles. The van der Waals surface area contributed by atoms with Crippen molar-refractivity contribution < 1.29 is 19.5 Å². The number of Topliss-reactive ketones (excluding diaryl/α,β-unsaturated/α-hetero) is 1. The zero-order valence-electron chi connectivity index (χ0n) is 28.1. The van der Waals surface area contributed by atoms with Crippen LogP contribution in [0.15, 0.2) is 41.8 Å². The van der Waals surface area contributed by atoms with Gasteiger partial charge in [0.05, 0.1) is 11.8 Å². The molecule has 7 atom stereocenters. The molecule has 0 spiro atoms. The van der Waals surface area contributed by atoms with Crippen LogP contribution in [0.3, 0.4) is 0 Å². The number of anilines is 1. The van der Waals surface area contributed by atoms with Crippen molar-refractivity contribution in [3.63, 3.8) is 0 Å². The lowest BCUT2D eigenvalue weighted by Crippen LogP contribution is -2.54. The average Bonchev–Trinajstić information content (AvgIpc) is 3.33. The van der Waals surface area contributed by atoms with Crippen LogP contribution >= 0.6 is 0 Å². The van der Waals surface area contributed by atoms with Gasteiger partial charge in [-0.1, -0.05) is 25.6 Å². The highest BCUT2D eigenvalue weighted by Crippen LogP contribution is 2.65. The number of benzene rings is 1. The topological polar surface area (TPSA) is 83.4 Å².